The molecule has 0 spiro atoms. The van der Waals surface area contributed by atoms with Crippen LogP contribution >= 0.6 is 11.6 Å². The lowest BCUT2D eigenvalue weighted by Gasteiger charge is -2.21. The normalized spacial score (nSPS) is 16.3. The first-order valence-electron chi connectivity index (χ1n) is 6.54. The van der Waals surface area contributed by atoms with Crippen LogP contribution in [0.3, 0.4) is 0 Å². The maximum absolute atomic E-state index is 11.7. The van der Waals surface area contributed by atoms with Gasteiger partial charge in [0.25, 0.3) is 0 Å². The molecule has 3 nitrogen and oxygen atoms in total. The van der Waals surface area contributed by atoms with Gasteiger partial charge in [0.05, 0.1) is 0 Å². The van der Waals surface area contributed by atoms with Crippen LogP contribution in [0.25, 0.3) is 0 Å². The number of carbonyl (C=O) groups is 1. The summed E-state index contributed by atoms with van der Waals surface area (Å²) in [5.74, 6) is 0.648. The molecule has 0 bridgehead atoms. The second kappa shape index (κ2) is 6.64. The van der Waals surface area contributed by atoms with Gasteiger partial charge in [-0.1, -0.05) is 30.9 Å². The van der Waals surface area contributed by atoms with E-state index in [1.165, 1.54) is 32.1 Å². The van der Waals surface area contributed by atoms with Crippen LogP contribution in [0.4, 0.5) is 10.5 Å². The molecule has 0 aromatic heterocycles. The molecule has 0 heterocycles. The van der Waals surface area contributed by atoms with Crippen LogP contribution in [0.2, 0.25) is 5.02 Å². The van der Waals surface area contributed by atoms with Crippen molar-refractivity contribution in [2.24, 2.45) is 5.92 Å². The van der Waals surface area contributed by atoms with Crippen molar-refractivity contribution in [3.8, 4) is 0 Å². The van der Waals surface area contributed by atoms with Crippen molar-refractivity contribution in [3.63, 3.8) is 0 Å². The summed E-state index contributed by atoms with van der Waals surface area (Å²) < 4.78 is 0. The SMILES string of the molecule is O=C(NCC1CCCCC1)Nc1ccc(Cl)cc1. The van der Waals surface area contributed by atoms with E-state index in [0.717, 1.165) is 12.2 Å². The lowest BCUT2D eigenvalue weighted by atomic mass is 9.89. The third kappa shape index (κ3) is 4.22. The molecule has 2 rings (SSSR count). The molecule has 0 aliphatic heterocycles. The Bertz CT molecular complexity index is 385. The summed E-state index contributed by atoms with van der Waals surface area (Å²) >= 11 is 5.78. The van der Waals surface area contributed by atoms with E-state index in [4.69, 9.17) is 11.6 Å². The maximum atomic E-state index is 11.7. The van der Waals surface area contributed by atoms with Gasteiger partial charge in [0.1, 0.15) is 0 Å². The Morgan fingerprint density at radius 2 is 1.83 bits per heavy atom. The van der Waals surface area contributed by atoms with Gasteiger partial charge in [-0.25, -0.2) is 4.79 Å². The minimum absolute atomic E-state index is 0.136. The Morgan fingerprint density at radius 3 is 2.50 bits per heavy atom. The average molecular weight is 267 g/mol. The molecule has 1 aliphatic carbocycles. The molecule has 0 radical (unpaired) electrons. The molecule has 1 fully saturated rings. The van der Waals surface area contributed by atoms with E-state index >= 15 is 0 Å². The molecule has 0 saturated heterocycles. The van der Waals surface area contributed by atoms with Crippen LogP contribution in [0.15, 0.2) is 24.3 Å². The van der Waals surface area contributed by atoms with Crippen molar-refractivity contribution in [1.29, 1.82) is 0 Å². The highest BCUT2D eigenvalue weighted by atomic mass is 35.5. The number of hydrogen-bond acceptors (Lipinski definition) is 1. The van der Waals surface area contributed by atoms with Gasteiger partial charge in [-0.2, -0.15) is 0 Å². The van der Waals surface area contributed by atoms with Crippen molar-refractivity contribution in [3.05, 3.63) is 29.3 Å². The number of halogens is 1. The zero-order chi connectivity index (χ0) is 12.8. The van der Waals surface area contributed by atoms with E-state index in [2.05, 4.69) is 10.6 Å². The van der Waals surface area contributed by atoms with E-state index < -0.39 is 0 Å². The van der Waals surface area contributed by atoms with E-state index in [1.54, 1.807) is 24.3 Å². The first-order chi connectivity index (χ1) is 8.74. The summed E-state index contributed by atoms with van der Waals surface area (Å²) in [5.41, 5.74) is 0.764. The first-order valence-corrected chi connectivity index (χ1v) is 6.92. The van der Waals surface area contributed by atoms with Gasteiger partial charge in [-0.15, -0.1) is 0 Å². The van der Waals surface area contributed by atoms with Gasteiger partial charge >= 0.3 is 6.03 Å². The van der Waals surface area contributed by atoms with Crippen molar-refractivity contribution in [1.82, 2.24) is 5.32 Å². The largest absolute Gasteiger partial charge is 0.338 e. The average Bonchev–Trinajstić information content (AvgIpc) is 2.40. The predicted octanol–water partition coefficient (Wildman–Crippen LogP) is 4.04. The van der Waals surface area contributed by atoms with Gasteiger partial charge < -0.3 is 10.6 Å². The number of nitrogens with one attached hydrogen (secondary N) is 2. The second-order valence-corrected chi connectivity index (χ2v) is 5.28. The highest BCUT2D eigenvalue weighted by Gasteiger charge is 2.14. The number of carbonyl (C=O) groups excluding carboxylic acids is 1. The lowest BCUT2D eigenvalue weighted by molar-refractivity contribution is 0.247. The minimum atomic E-state index is -0.136. The number of anilines is 1. The predicted molar refractivity (Wildman–Crippen MR) is 75.0 cm³/mol. The summed E-state index contributed by atoms with van der Waals surface area (Å²) in [5, 5.41) is 6.40. The maximum Gasteiger partial charge on any atom is 0.319 e. The highest BCUT2D eigenvalue weighted by molar-refractivity contribution is 6.30. The van der Waals surface area contributed by atoms with Gasteiger partial charge in [0, 0.05) is 17.3 Å². The summed E-state index contributed by atoms with van der Waals surface area (Å²) in [4.78, 5) is 11.7. The highest BCUT2D eigenvalue weighted by Crippen LogP contribution is 2.22. The van der Waals surface area contributed by atoms with E-state index in [0.29, 0.717) is 10.9 Å². The first kappa shape index (κ1) is 13.2. The molecule has 1 aliphatic rings. The second-order valence-electron chi connectivity index (χ2n) is 4.85. The Balaban J connectivity index is 1.73. The Morgan fingerprint density at radius 1 is 1.17 bits per heavy atom. The molecule has 2 amide bonds. The Kier molecular flexibility index (Phi) is 4.88. The molecule has 2 N–H and O–H groups in total. The standard InChI is InChI=1S/C14H19ClN2O/c15-12-6-8-13(9-7-12)17-14(18)16-10-11-4-2-1-3-5-11/h6-9,11H,1-5,10H2,(H2,16,17,18). The summed E-state index contributed by atoms with van der Waals surface area (Å²) in [6.07, 6.45) is 6.41. The molecule has 0 unspecified atom stereocenters. The molecule has 1 saturated carbocycles. The molecule has 4 heteroatoms. The van der Waals surface area contributed by atoms with Gasteiger partial charge in [0.15, 0.2) is 0 Å². The number of rotatable bonds is 3. The van der Waals surface area contributed by atoms with Crippen molar-refractivity contribution in [2.75, 3.05) is 11.9 Å². The zero-order valence-corrected chi connectivity index (χ0v) is 11.2. The lowest BCUT2D eigenvalue weighted by Crippen LogP contribution is -2.33. The Labute approximate surface area is 113 Å². The fraction of sp³-hybridized carbons (Fsp3) is 0.500. The Hall–Kier alpha value is -1.22. The minimum Gasteiger partial charge on any atom is -0.338 e. The van der Waals surface area contributed by atoms with Gasteiger partial charge in [0.2, 0.25) is 0 Å². The van der Waals surface area contributed by atoms with Crippen LogP contribution in [0, 0.1) is 5.92 Å². The van der Waals surface area contributed by atoms with Gasteiger partial charge in [-0.3, -0.25) is 0 Å². The molecule has 0 atom stereocenters. The molecule has 18 heavy (non-hydrogen) atoms. The third-order valence-corrected chi connectivity index (χ3v) is 3.63. The summed E-state index contributed by atoms with van der Waals surface area (Å²) in [7, 11) is 0. The monoisotopic (exact) mass is 266 g/mol. The molecule has 1 aromatic carbocycles. The van der Waals surface area contributed by atoms with Crippen molar-refractivity contribution >= 4 is 23.3 Å². The topological polar surface area (TPSA) is 41.1 Å². The molecular weight excluding hydrogens is 248 g/mol. The quantitative estimate of drug-likeness (QED) is 0.852. The molecule has 1 aromatic rings. The molecular formula is C14H19ClN2O. The smallest absolute Gasteiger partial charge is 0.319 e. The van der Waals surface area contributed by atoms with Crippen LogP contribution in [-0.4, -0.2) is 12.6 Å². The summed E-state index contributed by atoms with van der Waals surface area (Å²) in [6, 6.07) is 6.98. The number of hydrogen-bond donors (Lipinski definition) is 2. The van der Waals surface area contributed by atoms with Crippen LogP contribution in [0.5, 0.6) is 0 Å². The van der Waals surface area contributed by atoms with Crippen LogP contribution in [0.1, 0.15) is 32.1 Å². The fourth-order valence-corrected chi connectivity index (χ4v) is 2.46. The number of benzene rings is 1. The fourth-order valence-electron chi connectivity index (χ4n) is 2.34. The summed E-state index contributed by atoms with van der Waals surface area (Å²) in [6.45, 7) is 0.777. The molecule has 98 valence electrons. The van der Waals surface area contributed by atoms with E-state index in [1.807, 2.05) is 0 Å². The zero-order valence-electron chi connectivity index (χ0n) is 10.4. The van der Waals surface area contributed by atoms with Crippen LogP contribution in [-0.2, 0) is 0 Å². The third-order valence-electron chi connectivity index (χ3n) is 3.38. The van der Waals surface area contributed by atoms with Crippen molar-refractivity contribution < 1.29 is 4.79 Å². The van der Waals surface area contributed by atoms with E-state index in [-0.39, 0.29) is 6.03 Å². The van der Waals surface area contributed by atoms with Crippen LogP contribution < -0.4 is 10.6 Å². The number of urea groups is 1. The van der Waals surface area contributed by atoms with E-state index in [9.17, 15) is 4.79 Å². The van der Waals surface area contributed by atoms with Crippen molar-refractivity contribution in [2.45, 2.75) is 32.1 Å². The van der Waals surface area contributed by atoms with Gasteiger partial charge in [-0.05, 0) is 43.0 Å². The number of amides is 2.